The summed E-state index contributed by atoms with van der Waals surface area (Å²) in [5.74, 6) is -1.98. The predicted octanol–water partition coefficient (Wildman–Crippen LogP) is 7.15. The Morgan fingerprint density at radius 1 is 0.531 bits per heavy atom. The van der Waals surface area contributed by atoms with Gasteiger partial charge in [-0.05, 0) is 98.5 Å². The van der Waals surface area contributed by atoms with Gasteiger partial charge < -0.3 is 10.2 Å². The molecule has 0 aromatic heterocycles. The van der Waals surface area contributed by atoms with Crippen LogP contribution in [0.3, 0.4) is 0 Å². The minimum atomic E-state index is -0.992. The number of benzene rings is 3. The number of hydrogen-bond donors (Lipinski definition) is 2. The molecule has 0 radical (unpaired) electrons. The van der Waals surface area contributed by atoms with E-state index in [1.54, 1.807) is 24.3 Å². The van der Waals surface area contributed by atoms with E-state index in [0.29, 0.717) is 11.4 Å². The van der Waals surface area contributed by atoms with Gasteiger partial charge in [0, 0.05) is 0 Å². The summed E-state index contributed by atoms with van der Waals surface area (Å²) in [5, 5.41) is 35.3. The molecule has 0 aliphatic carbocycles. The van der Waals surface area contributed by atoms with Crippen LogP contribution in [-0.2, 0) is 0 Å². The molecule has 0 heterocycles. The van der Waals surface area contributed by atoms with Crippen LogP contribution in [-0.4, -0.2) is 22.2 Å². The van der Waals surface area contributed by atoms with Crippen molar-refractivity contribution in [2.24, 2.45) is 20.5 Å². The monoisotopic (exact) mass is 430 g/mol. The van der Waals surface area contributed by atoms with Crippen LogP contribution in [0.5, 0.6) is 0 Å². The molecule has 3 aromatic rings. The lowest BCUT2D eigenvalue weighted by atomic mass is 9.96. The van der Waals surface area contributed by atoms with E-state index in [4.69, 9.17) is 10.2 Å². The van der Waals surface area contributed by atoms with Crippen molar-refractivity contribution in [1.29, 1.82) is 0 Å². The number of carbonyl (C=O) groups is 2. The molecule has 3 aromatic carbocycles. The van der Waals surface area contributed by atoms with Gasteiger partial charge in [-0.25, -0.2) is 9.59 Å². The second-order valence-corrected chi connectivity index (χ2v) is 7.30. The summed E-state index contributed by atoms with van der Waals surface area (Å²) >= 11 is 0. The Morgan fingerprint density at radius 3 is 1.06 bits per heavy atom. The van der Waals surface area contributed by atoms with E-state index in [1.807, 2.05) is 27.7 Å². The normalized spacial score (nSPS) is 11.4. The van der Waals surface area contributed by atoms with Crippen molar-refractivity contribution in [1.82, 2.24) is 0 Å². The number of azo groups is 2. The van der Waals surface area contributed by atoms with Gasteiger partial charge in [-0.3, -0.25) is 0 Å². The third-order valence-electron chi connectivity index (χ3n) is 5.31. The molecule has 3 rings (SSSR count). The van der Waals surface area contributed by atoms with E-state index < -0.39 is 11.9 Å². The Bertz CT molecular complexity index is 1120. The summed E-state index contributed by atoms with van der Waals surface area (Å²) < 4.78 is 0. The highest BCUT2D eigenvalue weighted by Gasteiger charge is 2.15. The lowest BCUT2D eigenvalue weighted by molar-refractivity contribution is 0.0686. The topological polar surface area (TPSA) is 124 Å². The summed E-state index contributed by atoms with van der Waals surface area (Å²) in [5.41, 5.74) is 6.59. The summed E-state index contributed by atoms with van der Waals surface area (Å²) in [6, 6.07) is 12.4. The van der Waals surface area contributed by atoms with Crippen molar-refractivity contribution in [2.75, 3.05) is 0 Å². The molecule has 0 spiro atoms. The van der Waals surface area contributed by atoms with E-state index in [1.165, 1.54) is 24.3 Å². The zero-order valence-electron chi connectivity index (χ0n) is 18.1. The molecule has 0 fully saturated rings. The van der Waals surface area contributed by atoms with Gasteiger partial charge in [-0.15, -0.1) is 10.2 Å². The first-order valence-corrected chi connectivity index (χ1v) is 9.79. The van der Waals surface area contributed by atoms with Gasteiger partial charge in [0.1, 0.15) is 0 Å². The molecule has 0 unspecified atom stereocenters. The molecule has 0 bridgehead atoms. The molecule has 0 aliphatic heterocycles. The van der Waals surface area contributed by atoms with Crippen molar-refractivity contribution in [2.45, 2.75) is 27.7 Å². The molecule has 2 N–H and O–H groups in total. The van der Waals surface area contributed by atoms with Crippen molar-refractivity contribution in [3.63, 3.8) is 0 Å². The van der Waals surface area contributed by atoms with E-state index in [0.717, 1.165) is 33.6 Å². The summed E-state index contributed by atoms with van der Waals surface area (Å²) in [6.45, 7) is 7.74. The average Bonchev–Trinajstić information content (AvgIpc) is 2.78. The number of rotatable bonds is 6. The first kappa shape index (κ1) is 22.5. The fourth-order valence-electron chi connectivity index (χ4n) is 3.13. The molecule has 162 valence electrons. The summed E-state index contributed by atoms with van der Waals surface area (Å²) in [6.07, 6.45) is 0. The fourth-order valence-corrected chi connectivity index (χ4v) is 3.13. The third kappa shape index (κ3) is 4.75. The van der Waals surface area contributed by atoms with E-state index in [9.17, 15) is 9.59 Å². The second kappa shape index (κ2) is 9.30. The number of carboxylic acids is 2. The molecule has 0 amide bonds. The number of carboxylic acid groups (broad SMARTS) is 2. The zero-order valence-corrected chi connectivity index (χ0v) is 18.1. The molecule has 8 nitrogen and oxygen atoms in total. The van der Waals surface area contributed by atoms with Crippen molar-refractivity contribution < 1.29 is 19.8 Å². The SMILES string of the molecule is Cc1c(C)c(N=Nc2ccc(C(=O)O)cc2)c(C)c(C)c1N=Nc1ccc(C(=O)O)cc1. The molecular formula is C24H22N4O4. The Labute approximate surface area is 185 Å². The highest BCUT2D eigenvalue weighted by molar-refractivity contribution is 5.88. The Balaban J connectivity index is 1.91. The van der Waals surface area contributed by atoms with Crippen LogP contribution in [0.25, 0.3) is 0 Å². The molecule has 0 atom stereocenters. The minimum absolute atomic E-state index is 0.190. The molecule has 0 aliphatic rings. The van der Waals surface area contributed by atoms with Gasteiger partial charge in [0.25, 0.3) is 0 Å². The van der Waals surface area contributed by atoms with Gasteiger partial charge in [0.15, 0.2) is 0 Å². The highest BCUT2D eigenvalue weighted by atomic mass is 16.4. The maximum absolute atomic E-state index is 11.0. The molecule has 8 heteroatoms. The smallest absolute Gasteiger partial charge is 0.335 e. The zero-order chi connectivity index (χ0) is 23.4. The maximum Gasteiger partial charge on any atom is 0.335 e. The summed E-state index contributed by atoms with van der Waals surface area (Å²) in [7, 11) is 0. The molecule has 0 saturated heterocycles. The number of aromatic carboxylic acids is 2. The van der Waals surface area contributed by atoms with Crippen LogP contribution in [0.4, 0.5) is 22.7 Å². The van der Waals surface area contributed by atoms with Gasteiger partial charge in [-0.1, -0.05) is 0 Å². The van der Waals surface area contributed by atoms with Crippen molar-refractivity contribution in [3.05, 3.63) is 81.9 Å². The quantitative estimate of drug-likeness (QED) is 0.403. The Kier molecular flexibility index (Phi) is 6.53. The Morgan fingerprint density at radius 2 is 0.812 bits per heavy atom. The van der Waals surface area contributed by atoms with Crippen LogP contribution in [0.2, 0.25) is 0 Å². The second-order valence-electron chi connectivity index (χ2n) is 7.30. The van der Waals surface area contributed by atoms with Crippen molar-refractivity contribution >= 4 is 34.7 Å². The van der Waals surface area contributed by atoms with Crippen molar-refractivity contribution in [3.8, 4) is 0 Å². The first-order valence-electron chi connectivity index (χ1n) is 9.79. The first-order chi connectivity index (χ1) is 15.2. The van der Waals surface area contributed by atoms with Gasteiger partial charge in [0.05, 0.1) is 33.9 Å². The molecular weight excluding hydrogens is 408 g/mol. The third-order valence-corrected chi connectivity index (χ3v) is 5.31. The van der Waals surface area contributed by atoms with Crippen LogP contribution < -0.4 is 0 Å². The maximum atomic E-state index is 11.0. The standard InChI is InChI=1S/C24H22N4O4/c1-13-14(2)22(28-26-20-11-7-18(8-12-20)24(31)32)16(4)15(3)21(13)27-25-19-9-5-17(6-10-19)23(29)30/h5-12H,1-4H3,(H,29,30)(H,31,32). The van der Waals surface area contributed by atoms with Gasteiger partial charge in [0.2, 0.25) is 0 Å². The number of hydrogen-bond acceptors (Lipinski definition) is 6. The highest BCUT2D eigenvalue weighted by Crippen LogP contribution is 2.38. The van der Waals surface area contributed by atoms with Crippen LogP contribution in [0.15, 0.2) is 69.0 Å². The minimum Gasteiger partial charge on any atom is -0.478 e. The largest absolute Gasteiger partial charge is 0.478 e. The van der Waals surface area contributed by atoms with Crippen LogP contribution in [0, 0.1) is 27.7 Å². The van der Waals surface area contributed by atoms with Crippen LogP contribution >= 0.6 is 0 Å². The van der Waals surface area contributed by atoms with Gasteiger partial charge in [-0.2, -0.15) is 10.2 Å². The fraction of sp³-hybridized carbons (Fsp3) is 0.167. The van der Waals surface area contributed by atoms with Gasteiger partial charge >= 0.3 is 11.9 Å². The van der Waals surface area contributed by atoms with E-state index in [-0.39, 0.29) is 11.1 Å². The number of nitrogens with zero attached hydrogens (tertiary/aromatic N) is 4. The molecule has 0 saturated carbocycles. The predicted molar refractivity (Wildman–Crippen MR) is 121 cm³/mol. The summed E-state index contributed by atoms with van der Waals surface area (Å²) in [4.78, 5) is 22.0. The van der Waals surface area contributed by atoms with Crippen LogP contribution in [0.1, 0.15) is 43.0 Å². The molecule has 32 heavy (non-hydrogen) atoms. The van der Waals surface area contributed by atoms with E-state index >= 15 is 0 Å². The lowest BCUT2D eigenvalue weighted by Gasteiger charge is -2.14. The average molecular weight is 430 g/mol. The van der Waals surface area contributed by atoms with E-state index in [2.05, 4.69) is 20.5 Å². The Hall–Kier alpha value is -4.20. The lowest BCUT2D eigenvalue weighted by Crippen LogP contribution is -1.94.